The normalized spacial score (nSPS) is 25.1. The number of nitrogens with zero attached hydrogens (tertiary/aromatic N) is 2. The van der Waals surface area contributed by atoms with Gasteiger partial charge in [0.15, 0.2) is 0 Å². The van der Waals surface area contributed by atoms with Gasteiger partial charge < -0.3 is 9.64 Å². The van der Waals surface area contributed by atoms with Gasteiger partial charge in [0.25, 0.3) is 11.8 Å². The van der Waals surface area contributed by atoms with E-state index in [1.54, 1.807) is 4.90 Å². The zero-order valence-corrected chi connectivity index (χ0v) is 9.64. The van der Waals surface area contributed by atoms with Crippen molar-refractivity contribution in [3.05, 3.63) is 0 Å². The first-order valence-corrected chi connectivity index (χ1v) is 5.53. The van der Waals surface area contributed by atoms with Gasteiger partial charge in [-0.05, 0) is 0 Å². The molecule has 17 heavy (non-hydrogen) atoms. The lowest BCUT2D eigenvalue weighted by molar-refractivity contribution is -0.142. The smallest absolute Gasteiger partial charge is 0.253 e. The minimum Gasteiger partial charge on any atom is -0.378 e. The second-order valence-electron chi connectivity index (χ2n) is 4.12. The van der Waals surface area contributed by atoms with E-state index < -0.39 is 11.8 Å². The van der Waals surface area contributed by atoms with E-state index in [9.17, 15) is 14.4 Å². The average Bonchev–Trinajstić information content (AvgIpc) is 2.57. The number of nitrogens with one attached hydrogen (secondary N) is 1. The molecule has 94 valence electrons. The third-order valence-corrected chi connectivity index (χ3v) is 2.97. The molecule has 2 aliphatic heterocycles. The number of carbonyl (C=O) groups is 3. The maximum atomic E-state index is 11.9. The van der Waals surface area contributed by atoms with Crippen molar-refractivity contribution >= 4 is 17.7 Å². The summed E-state index contributed by atoms with van der Waals surface area (Å²) in [6, 6.07) is 0. The summed E-state index contributed by atoms with van der Waals surface area (Å²) in [5.74, 6) is -1.80. The number of hydrogen-bond donors (Lipinski definition) is 1. The molecular formula is C10H15N3O4. The Labute approximate surface area is 98.6 Å². The predicted molar refractivity (Wildman–Crippen MR) is 56.4 cm³/mol. The van der Waals surface area contributed by atoms with Crippen LogP contribution >= 0.6 is 0 Å². The zero-order valence-electron chi connectivity index (χ0n) is 9.64. The van der Waals surface area contributed by atoms with Gasteiger partial charge in [0.05, 0.1) is 13.2 Å². The second kappa shape index (κ2) is 4.70. The molecule has 2 saturated heterocycles. The first-order valence-electron chi connectivity index (χ1n) is 5.53. The molecule has 1 N–H and O–H groups in total. The van der Waals surface area contributed by atoms with E-state index in [1.807, 2.05) is 0 Å². The Hall–Kier alpha value is -1.63. The number of rotatable bonds is 2. The molecule has 0 aromatic rings. The molecule has 0 aromatic heterocycles. The fraction of sp³-hybridized carbons (Fsp3) is 0.700. The van der Waals surface area contributed by atoms with Gasteiger partial charge in [-0.1, -0.05) is 0 Å². The van der Waals surface area contributed by atoms with Crippen molar-refractivity contribution in [2.45, 2.75) is 6.42 Å². The summed E-state index contributed by atoms with van der Waals surface area (Å²) in [6.45, 7) is 2.07. The van der Waals surface area contributed by atoms with E-state index in [2.05, 4.69) is 5.43 Å². The van der Waals surface area contributed by atoms with E-state index in [0.29, 0.717) is 26.3 Å². The van der Waals surface area contributed by atoms with Crippen LogP contribution in [0.1, 0.15) is 6.42 Å². The maximum Gasteiger partial charge on any atom is 0.253 e. The minimum atomic E-state index is -0.879. The van der Waals surface area contributed by atoms with Crippen LogP contribution < -0.4 is 5.43 Å². The Morgan fingerprint density at radius 1 is 1.41 bits per heavy atom. The van der Waals surface area contributed by atoms with E-state index >= 15 is 0 Å². The largest absolute Gasteiger partial charge is 0.378 e. The van der Waals surface area contributed by atoms with E-state index in [1.165, 1.54) is 7.05 Å². The lowest BCUT2D eigenvalue weighted by Crippen LogP contribution is -2.42. The number of hydrogen-bond acceptors (Lipinski definition) is 4. The molecule has 0 aromatic carbocycles. The van der Waals surface area contributed by atoms with Crippen molar-refractivity contribution in [3.8, 4) is 0 Å². The molecule has 2 heterocycles. The van der Waals surface area contributed by atoms with Crippen LogP contribution in [0.3, 0.4) is 0 Å². The molecule has 2 aliphatic rings. The zero-order chi connectivity index (χ0) is 12.4. The lowest BCUT2D eigenvalue weighted by Gasteiger charge is -2.27. The van der Waals surface area contributed by atoms with Gasteiger partial charge in [0.1, 0.15) is 5.92 Å². The van der Waals surface area contributed by atoms with E-state index in [-0.39, 0.29) is 18.2 Å². The SMILES string of the molecule is CN1NC(=O)C(CC(=O)N2CCOCC2)C1=O. The number of ether oxygens (including phenoxy) is 1. The average molecular weight is 241 g/mol. The van der Waals surface area contributed by atoms with Crippen molar-refractivity contribution < 1.29 is 19.1 Å². The van der Waals surface area contributed by atoms with Crippen LogP contribution in [0.2, 0.25) is 0 Å². The monoisotopic (exact) mass is 241 g/mol. The second-order valence-corrected chi connectivity index (χ2v) is 4.12. The van der Waals surface area contributed by atoms with Gasteiger partial charge in [-0.3, -0.25) is 24.8 Å². The molecule has 7 nitrogen and oxygen atoms in total. The van der Waals surface area contributed by atoms with Crippen LogP contribution in [-0.2, 0) is 19.1 Å². The highest BCUT2D eigenvalue weighted by molar-refractivity contribution is 6.07. The number of hydrazine groups is 1. The fourth-order valence-corrected chi connectivity index (χ4v) is 1.94. The molecule has 3 amide bonds. The van der Waals surface area contributed by atoms with E-state index in [0.717, 1.165) is 5.01 Å². The molecule has 0 spiro atoms. The summed E-state index contributed by atoms with van der Waals surface area (Å²) >= 11 is 0. The van der Waals surface area contributed by atoms with Crippen LogP contribution in [0.4, 0.5) is 0 Å². The molecule has 0 saturated carbocycles. The first-order chi connectivity index (χ1) is 8.09. The summed E-state index contributed by atoms with van der Waals surface area (Å²) in [7, 11) is 1.47. The topological polar surface area (TPSA) is 79.0 Å². The maximum absolute atomic E-state index is 11.9. The Bertz CT molecular complexity index is 351. The molecule has 7 heteroatoms. The Morgan fingerprint density at radius 3 is 2.59 bits per heavy atom. The summed E-state index contributed by atoms with van der Waals surface area (Å²) < 4.78 is 5.13. The predicted octanol–water partition coefficient (Wildman–Crippen LogP) is -1.65. The number of carbonyl (C=O) groups excluding carboxylic acids is 3. The lowest BCUT2D eigenvalue weighted by atomic mass is 10.0. The summed E-state index contributed by atoms with van der Waals surface area (Å²) in [5.41, 5.74) is 2.37. The van der Waals surface area contributed by atoms with E-state index in [4.69, 9.17) is 4.74 Å². The van der Waals surface area contributed by atoms with Gasteiger partial charge >= 0.3 is 0 Å². The van der Waals surface area contributed by atoms with Crippen LogP contribution in [0, 0.1) is 5.92 Å². The Balaban J connectivity index is 1.94. The van der Waals surface area contributed by atoms with Crippen LogP contribution in [0.25, 0.3) is 0 Å². The highest BCUT2D eigenvalue weighted by Gasteiger charge is 2.39. The Kier molecular flexibility index (Phi) is 3.28. The van der Waals surface area contributed by atoms with Gasteiger partial charge in [-0.2, -0.15) is 0 Å². The third-order valence-electron chi connectivity index (χ3n) is 2.97. The highest BCUT2D eigenvalue weighted by Crippen LogP contribution is 2.15. The van der Waals surface area contributed by atoms with Gasteiger partial charge in [0, 0.05) is 26.6 Å². The van der Waals surface area contributed by atoms with Gasteiger partial charge in [-0.25, -0.2) is 0 Å². The molecular weight excluding hydrogens is 226 g/mol. The minimum absolute atomic E-state index is 0.0605. The van der Waals surface area contributed by atoms with Crippen molar-refractivity contribution in [3.63, 3.8) is 0 Å². The van der Waals surface area contributed by atoms with Crippen molar-refractivity contribution in [2.24, 2.45) is 5.92 Å². The quantitative estimate of drug-likeness (QED) is 0.588. The van der Waals surface area contributed by atoms with Crippen LogP contribution in [0.5, 0.6) is 0 Å². The standard InChI is InChI=1S/C10H15N3O4/c1-12-10(16)7(9(15)11-12)6-8(14)13-2-4-17-5-3-13/h7H,2-6H2,1H3,(H,11,15). The number of morpholine rings is 1. The molecule has 0 bridgehead atoms. The van der Waals surface area contributed by atoms with Crippen molar-refractivity contribution in [2.75, 3.05) is 33.4 Å². The molecule has 0 radical (unpaired) electrons. The molecule has 2 fully saturated rings. The summed E-state index contributed by atoms with van der Waals surface area (Å²) in [5, 5.41) is 1.12. The highest BCUT2D eigenvalue weighted by atomic mass is 16.5. The first kappa shape index (κ1) is 11.8. The van der Waals surface area contributed by atoms with Gasteiger partial charge in [0.2, 0.25) is 5.91 Å². The fourth-order valence-electron chi connectivity index (χ4n) is 1.94. The summed E-state index contributed by atoms with van der Waals surface area (Å²) in [4.78, 5) is 36.5. The van der Waals surface area contributed by atoms with Crippen LogP contribution in [-0.4, -0.2) is 61.0 Å². The van der Waals surface area contributed by atoms with Crippen LogP contribution in [0.15, 0.2) is 0 Å². The third kappa shape index (κ3) is 2.38. The molecule has 1 atom stereocenters. The molecule has 2 rings (SSSR count). The van der Waals surface area contributed by atoms with Gasteiger partial charge in [-0.15, -0.1) is 0 Å². The molecule has 1 unspecified atom stereocenters. The molecule has 0 aliphatic carbocycles. The van der Waals surface area contributed by atoms with Crippen molar-refractivity contribution in [1.82, 2.24) is 15.3 Å². The number of amides is 3. The van der Waals surface area contributed by atoms with Crippen molar-refractivity contribution in [1.29, 1.82) is 0 Å². The summed E-state index contributed by atoms with van der Waals surface area (Å²) in [6.07, 6.45) is -0.0605. The Morgan fingerprint density at radius 2 is 2.06 bits per heavy atom.